The van der Waals surface area contributed by atoms with Crippen LogP contribution in [0.25, 0.3) is 0 Å². The number of hydrogen-bond acceptors (Lipinski definition) is 7. The van der Waals surface area contributed by atoms with Crippen LogP contribution < -0.4 is 27.0 Å². The summed E-state index contributed by atoms with van der Waals surface area (Å²) in [6, 6.07) is 13.2. The maximum atomic E-state index is 13.2. The van der Waals surface area contributed by atoms with Crippen molar-refractivity contribution < 1.29 is 24.3 Å². The minimum absolute atomic E-state index is 0.116. The van der Waals surface area contributed by atoms with Crippen LogP contribution in [0.5, 0.6) is 5.75 Å². The second kappa shape index (κ2) is 13.9. The second-order valence-electron chi connectivity index (χ2n) is 10.6. The summed E-state index contributed by atoms with van der Waals surface area (Å²) in [6.45, 7) is 1.42. The Morgan fingerprint density at radius 3 is 2.42 bits per heavy atom. The SMILES string of the molecule is N[C@@H](Cc1ccc(O)cc1)C(=O)N[C@@H]1CN(CC2CC2)CCNC(=O)[C@H](Cc2ccccc2)NC(=O)CNC1=O. The number of nitrogens with zero attached hydrogens (tertiary/aromatic N) is 1. The molecule has 2 fully saturated rings. The van der Waals surface area contributed by atoms with Gasteiger partial charge in [-0.05, 0) is 48.4 Å². The van der Waals surface area contributed by atoms with Gasteiger partial charge in [0, 0.05) is 32.6 Å². The molecule has 4 rings (SSSR count). The van der Waals surface area contributed by atoms with Gasteiger partial charge in [0.05, 0.1) is 12.6 Å². The molecule has 4 amide bonds. The molecule has 1 heterocycles. The molecule has 2 aromatic rings. The normalized spacial score (nSPS) is 22.0. The van der Waals surface area contributed by atoms with Crippen molar-refractivity contribution in [3.8, 4) is 5.75 Å². The van der Waals surface area contributed by atoms with Gasteiger partial charge in [-0.15, -0.1) is 0 Å². The third-order valence-electron chi connectivity index (χ3n) is 7.10. The highest BCUT2D eigenvalue weighted by atomic mass is 16.3. The Morgan fingerprint density at radius 2 is 1.73 bits per heavy atom. The zero-order valence-electron chi connectivity index (χ0n) is 22.5. The number of nitrogens with one attached hydrogen (secondary N) is 4. The van der Waals surface area contributed by atoms with Crippen molar-refractivity contribution in [2.24, 2.45) is 11.7 Å². The van der Waals surface area contributed by atoms with E-state index in [0.717, 1.165) is 30.5 Å². The molecule has 2 aromatic carbocycles. The predicted octanol–water partition coefficient (Wildman–Crippen LogP) is -0.568. The number of benzene rings is 2. The lowest BCUT2D eigenvalue weighted by molar-refractivity contribution is -0.132. The molecule has 0 radical (unpaired) electrons. The highest BCUT2D eigenvalue weighted by Crippen LogP contribution is 2.29. The Balaban J connectivity index is 1.44. The van der Waals surface area contributed by atoms with E-state index in [0.29, 0.717) is 25.4 Å². The number of phenolic OH excluding ortho intramolecular Hbond substituents is 1. The number of aromatic hydroxyl groups is 1. The first kappa shape index (κ1) is 29.0. The van der Waals surface area contributed by atoms with Crippen molar-refractivity contribution in [1.29, 1.82) is 0 Å². The van der Waals surface area contributed by atoms with Gasteiger partial charge in [0.2, 0.25) is 23.6 Å². The van der Waals surface area contributed by atoms with E-state index >= 15 is 0 Å². The number of rotatable bonds is 8. The third-order valence-corrected chi connectivity index (χ3v) is 7.10. The van der Waals surface area contributed by atoms with Crippen LogP contribution in [0.3, 0.4) is 0 Å². The van der Waals surface area contributed by atoms with Gasteiger partial charge in [-0.2, -0.15) is 0 Å². The van der Waals surface area contributed by atoms with E-state index in [1.54, 1.807) is 12.1 Å². The molecule has 1 saturated carbocycles. The van der Waals surface area contributed by atoms with Gasteiger partial charge in [0.1, 0.15) is 17.8 Å². The van der Waals surface area contributed by atoms with E-state index in [-0.39, 0.29) is 31.2 Å². The van der Waals surface area contributed by atoms with E-state index in [1.165, 1.54) is 12.1 Å². The topological polar surface area (TPSA) is 166 Å². The number of nitrogens with two attached hydrogens (primary N) is 1. The van der Waals surface area contributed by atoms with Gasteiger partial charge in [-0.3, -0.25) is 24.1 Å². The first-order valence-electron chi connectivity index (χ1n) is 13.7. The largest absolute Gasteiger partial charge is 0.508 e. The van der Waals surface area contributed by atoms with Crippen LogP contribution in [0.15, 0.2) is 54.6 Å². The Bertz CT molecular complexity index is 1170. The summed E-state index contributed by atoms with van der Waals surface area (Å²) in [4.78, 5) is 54.0. The van der Waals surface area contributed by atoms with Crippen LogP contribution in [0.2, 0.25) is 0 Å². The van der Waals surface area contributed by atoms with Gasteiger partial charge in [-0.1, -0.05) is 42.5 Å². The Morgan fingerprint density at radius 1 is 1.00 bits per heavy atom. The fourth-order valence-electron chi connectivity index (χ4n) is 4.69. The molecule has 214 valence electrons. The third kappa shape index (κ3) is 9.06. The van der Waals surface area contributed by atoms with E-state index in [4.69, 9.17) is 5.73 Å². The van der Waals surface area contributed by atoms with Crippen molar-refractivity contribution in [3.63, 3.8) is 0 Å². The molecule has 2 aliphatic rings. The number of amides is 4. The van der Waals surface area contributed by atoms with Crippen molar-refractivity contribution >= 4 is 23.6 Å². The van der Waals surface area contributed by atoms with Gasteiger partial charge < -0.3 is 32.1 Å². The van der Waals surface area contributed by atoms with Crippen LogP contribution in [0.4, 0.5) is 0 Å². The highest BCUT2D eigenvalue weighted by Gasteiger charge is 2.31. The molecule has 1 saturated heterocycles. The fraction of sp³-hybridized carbons (Fsp3) is 0.448. The molecule has 1 aliphatic heterocycles. The monoisotopic (exact) mass is 550 g/mol. The van der Waals surface area contributed by atoms with Crippen LogP contribution >= 0.6 is 0 Å². The first-order chi connectivity index (χ1) is 19.3. The van der Waals surface area contributed by atoms with Crippen LogP contribution in [-0.2, 0) is 32.0 Å². The first-order valence-corrected chi connectivity index (χ1v) is 13.7. The number of carbonyl (C=O) groups excluding carboxylic acids is 4. The van der Waals surface area contributed by atoms with E-state index in [2.05, 4.69) is 26.2 Å². The smallest absolute Gasteiger partial charge is 0.244 e. The van der Waals surface area contributed by atoms with Gasteiger partial charge >= 0.3 is 0 Å². The quantitative estimate of drug-likeness (QED) is 0.256. The summed E-state index contributed by atoms with van der Waals surface area (Å²) in [7, 11) is 0. The standard InChI is InChI=1S/C29H38N6O5/c30-23(14-20-8-10-22(36)11-9-20)27(38)34-25-18-35(17-21-6-7-21)13-12-31-28(39)24(15-19-4-2-1-3-5-19)33-26(37)16-32-29(25)40/h1-5,8-11,21,23-25,36H,6-7,12-18,30H2,(H,31,39)(H,32,40)(H,33,37)(H,34,38)/t23-,24-,25+/m0/s1. The van der Waals surface area contributed by atoms with Crippen molar-refractivity contribution in [2.45, 2.75) is 43.8 Å². The molecule has 7 N–H and O–H groups in total. The van der Waals surface area contributed by atoms with Crippen LogP contribution in [0, 0.1) is 5.92 Å². The van der Waals surface area contributed by atoms with Crippen molar-refractivity contribution in [2.75, 3.05) is 32.7 Å². The zero-order valence-corrected chi connectivity index (χ0v) is 22.5. The molecular formula is C29H38N6O5. The minimum atomic E-state index is -0.943. The van der Waals surface area contributed by atoms with E-state index in [1.807, 2.05) is 30.3 Å². The van der Waals surface area contributed by atoms with Crippen LogP contribution in [0.1, 0.15) is 24.0 Å². The Labute approximate surface area is 233 Å². The lowest BCUT2D eigenvalue weighted by Crippen LogP contribution is -2.57. The molecule has 11 heteroatoms. The summed E-state index contributed by atoms with van der Waals surface area (Å²) >= 11 is 0. The molecule has 0 spiro atoms. The molecule has 3 atom stereocenters. The summed E-state index contributed by atoms with van der Waals surface area (Å²) in [5, 5.41) is 20.5. The summed E-state index contributed by atoms with van der Waals surface area (Å²) in [5.41, 5.74) is 7.82. The van der Waals surface area contributed by atoms with E-state index < -0.39 is 35.8 Å². The molecule has 0 aromatic heterocycles. The minimum Gasteiger partial charge on any atom is -0.508 e. The Kier molecular flexibility index (Phi) is 10.1. The van der Waals surface area contributed by atoms with Crippen molar-refractivity contribution in [1.82, 2.24) is 26.2 Å². The summed E-state index contributed by atoms with van der Waals surface area (Å²) in [5.74, 6) is -1.17. The lowest BCUT2D eigenvalue weighted by Gasteiger charge is -2.28. The van der Waals surface area contributed by atoms with E-state index in [9.17, 15) is 24.3 Å². The average Bonchev–Trinajstić information content (AvgIpc) is 3.76. The average molecular weight is 551 g/mol. The molecular weight excluding hydrogens is 512 g/mol. The maximum Gasteiger partial charge on any atom is 0.244 e. The molecule has 1 aliphatic carbocycles. The van der Waals surface area contributed by atoms with Gasteiger partial charge in [0.15, 0.2) is 0 Å². The number of carbonyl (C=O) groups is 4. The second-order valence-corrected chi connectivity index (χ2v) is 10.6. The molecule has 0 bridgehead atoms. The lowest BCUT2D eigenvalue weighted by atomic mass is 10.1. The Hall–Kier alpha value is -3.96. The van der Waals surface area contributed by atoms with Crippen molar-refractivity contribution in [3.05, 3.63) is 65.7 Å². The molecule has 11 nitrogen and oxygen atoms in total. The number of phenols is 1. The van der Waals surface area contributed by atoms with Gasteiger partial charge in [0.25, 0.3) is 0 Å². The zero-order chi connectivity index (χ0) is 28.5. The fourth-order valence-corrected chi connectivity index (χ4v) is 4.69. The predicted molar refractivity (Wildman–Crippen MR) is 149 cm³/mol. The maximum absolute atomic E-state index is 13.2. The van der Waals surface area contributed by atoms with Crippen LogP contribution in [-0.4, -0.2) is 84.5 Å². The number of hydrogen-bond donors (Lipinski definition) is 6. The molecule has 40 heavy (non-hydrogen) atoms. The highest BCUT2D eigenvalue weighted by molar-refractivity contribution is 5.93. The summed E-state index contributed by atoms with van der Waals surface area (Å²) in [6.07, 6.45) is 2.74. The summed E-state index contributed by atoms with van der Waals surface area (Å²) < 4.78 is 0. The molecule has 0 unspecified atom stereocenters. The van der Waals surface area contributed by atoms with Gasteiger partial charge in [-0.25, -0.2) is 0 Å².